The van der Waals surface area contributed by atoms with Gasteiger partial charge >= 0.3 is 0 Å². The van der Waals surface area contributed by atoms with E-state index in [1.54, 1.807) is 13.0 Å². The highest BCUT2D eigenvalue weighted by molar-refractivity contribution is 5.26. The topological polar surface area (TPSA) is 40.5 Å². The summed E-state index contributed by atoms with van der Waals surface area (Å²) < 4.78 is 12.9. The van der Waals surface area contributed by atoms with Crippen molar-refractivity contribution in [3.63, 3.8) is 0 Å². The Morgan fingerprint density at radius 1 is 1.31 bits per heavy atom. The van der Waals surface area contributed by atoms with Crippen molar-refractivity contribution >= 4 is 0 Å². The maximum Gasteiger partial charge on any atom is 0.123 e. The number of halogens is 1. The van der Waals surface area contributed by atoms with Crippen LogP contribution in [0.15, 0.2) is 18.2 Å². The van der Waals surface area contributed by atoms with E-state index in [9.17, 15) is 4.39 Å². The Kier molecular flexibility index (Phi) is 3.39. The molecule has 72 valence electrons. The quantitative estimate of drug-likeness (QED) is 0.745. The Bertz CT molecular complexity index is 286. The number of hydrogen-bond acceptors (Lipinski definition) is 2. The zero-order valence-corrected chi connectivity index (χ0v) is 7.50. The molecule has 0 aromatic heterocycles. The van der Waals surface area contributed by atoms with Crippen LogP contribution in [0.2, 0.25) is 0 Å². The minimum Gasteiger partial charge on any atom is -0.396 e. The highest BCUT2D eigenvalue weighted by Gasteiger charge is 2.06. The molecule has 1 rings (SSSR count). The van der Waals surface area contributed by atoms with Gasteiger partial charge in [0.1, 0.15) is 5.82 Å². The van der Waals surface area contributed by atoms with E-state index in [1.807, 2.05) is 0 Å². The minimum atomic E-state index is -0.373. The van der Waals surface area contributed by atoms with Gasteiger partial charge in [0.2, 0.25) is 0 Å². The summed E-state index contributed by atoms with van der Waals surface area (Å²) >= 11 is 0. The van der Waals surface area contributed by atoms with Crippen LogP contribution in [-0.2, 0) is 6.61 Å². The van der Waals surface area contributed by atoms with Gasteiger partial charge in [0.25, 0.3) is 0 Å². The average Bonchev–Trinajstić information content (AvgIpc) is 2.15. The molecule has 0 aliphatic carbocycles. The molecule has 1 aromatic carbocycles. The van der Waals surface area contributed by atoms with Crippen molar-refractivity contribution < 1.29 is 14.6 Å². The van der Waals surface area contributed by atoms with Crippen LogP contribution >= 0.6 is 0 Å². The summed E-state index contributed by atoms with van der Waals surface area (Å²) in [5.74, 6) is -0.470. The third-order valence-corrected chi connectivity index (χ3v) is 2.01. The summed E-state index contributed by atoms with van der Waals surface area (Å²) in [5.41, 5.74) is 1.25. The Hall–Kier alpha value is -0.930. The largest absolute Gasteiger partial charge is 0.396 e. The first-order chi connectivity index (χ1) is 6.17. The Morgan fingerprint density at radius 2 is 2.00 bits per heavy atom. The van der Waals surface area contributed by atoms with Crippen molar-refractivity contribution in [1.82, 2.24) is 0 Å². The Labute approximate surface area is 76.6 Å². The standard InChI is InChI=1S/C10H13FO2/c1-7(5-12)9-2-8(6-13)3-10(11)4-9/h2-4,7,12-13H,5-6H2,1H3. The van der Waals surface area contributed by atoms with Crippen molar-refractivity contribution in [2.75, 3.05) is 6.61 Å². The lowest BCUT2D eigenvalue weighted by molar-refractivity contribution is 0.270. The third-order valence-electron chi connectivity index (χ3n) is 2.01. The first-order valence-corrected chi connectivity index (χ1v) is 4.18. The molecule has 2 N–H and O–H groups in total. The monoisotopic (exact) mass is 184 g/mol. The van der Waals surface area contributed by atoms with E-state index in [2.05, 4.69) is 0 Å². The number of aliphatic hydroxyl groups excluding tert-OH is 2. The van der Waals surface area contributed by atoms with Crippen molar-refractivity contribution in [3.8, 4) is 0 Å². The lowest BCUT2D eigenvalue weighted by atomic mass is 10.00. The fraction of sp³-hybridized carbons (Fsp3) is 0.400. The van der Waals surface area contributed by atoms with Crippen LogP contribution in [0.5, 0.6) is 0 Å². The highest BCUT2D eigenvalue weighted by Crippen LogP contribution is 2.17. The predicted molar refractivity (Wildman–Crippen MR) is 47.8 cm³/mol. The molecule has 0 saturated carbocycles. The molecule has 0 amide bonds. The number of hydrogen-bond donors (Lipinski definition) is 2. The van der Waals surface area contributed by atoms with Gasteiger partial charge in [-0.2, -0.15) is 0 Å². The van der Waals surface area contributed by atoms with Crippen molar-refractivity contribution in [2.45, 2.75) is 19.4 Å². The normalized spacial score (nSPS) is 12.9. The van der Waals surface area contributed by atoms with Gasteiger partial charge in [-0.05, 0) is 23.3 Å². The van der Waals surface area contributed by atoms with Crippen LogP contribution in [0.4, 0.5) is 4.39 Å². The molecule has 0 fully saturated rings. The summed E-state index contributed by atoms with van der Waals surface area (Å²) in [6.45, 7) is 1.60. The molecule has 0 heterocycles. The number of aliphatic hydroxyl groups is 2. The Balaban J connectivity index is 3.01. The fourth-order valence-electron chi connectivity index (χ4n) is 1.16. The van der Waals surface area contributed by atoms with Gasteiger partial charge in [-0.25, -0.2) is 4.39 Å². The molecule has 0 saturated heterocycles. The summed E-state index contributed by atoms with van der Waals surface area (Å²) in [5, 5.41) is 17.7. The smallest absolute Gasteiger partial charge is 0.123 e. The second-order valence-corrected chi connectivity index (χ2v) is 3.13. The number of benzene rings is 1. The van der Waals surface area contributed by atoms with E-state index < -0.39 is 0 Å². The zero-order chi connectivity index (χ0) is 9.84. The molecule has 1 aromatic rings. The first kappa shape index (κ1) is 10.2. The average molecular weight is 184 g/mol. The maximum absolute atomic E-state index is 12.9. The van der Waals surface area contributed by atoms with Gasteiger partial charge in [-0.3, -0.25) is 0 Å². The van der Waals surface area contributed by atoms with Gasteiger partial charge < -0.3 is 10.2 Å². The van der Waals surface area contributed by atoms with E-state index in [1.165, 1.54) is 12.1 Å². The molecule has 0 aliphatic rings. The third kappa shape index (κ3) is 2.50. The molecule has 2 nitrogen and oxygen atoms in total. The molecule has 13 heavy (non-hydrogen) atoms. The first-order valence-electron chi connectivity index (χ1n) is 4.18. The summed E-state index contributed by atoms with van der Waals surface area (Å²) in [4.78, 5) is 0. The molecule has 1 atom stereocenters. The van der Waals surface area contributed by atoms with Crippen LogP contribution in [-0.4, -0.2) is 16.8 Å². The summed E-state index contributed by atoms with van der Waals surface area (Å²) in [6.07, 6.45) is 0. The van der Waals surface area contributed by atoms with Crippen LogP contribution in [0.3, 0.4) is 0 Å². The zero-order valence-electron chi connectivity index (χ0n) is 7.50. The van der Waals surface area contributed by atoms with Gasteiger partial charge in [0.05, 0.1) is 6.61 Å². The van der Waals surface area contributed by atoms with E-state index in [-0.39, 0.29) is 24.9 Å². The van der Waals surface area contributed by atoms with E-state index in [0.717, 1.165) is 0 Å². The van der Waals surface area contributed by atoms with Gasteiger partial charge in [0, 0.05) is 12.5 Å². The molecular formula is C10H13FO2. The summed E-state index contributed by atoms with van der Waals surface area (Å²) in [6, 6.07) is 4.36. The molecule has 3 heteroatoms. The van der Waals surface area contributed by atoms with Gasteiger partial charge in [-0.1, -0.05) is 13.0 Å². The minimum absolute atomic E-state index is 0.0195. The van der Waals surface area contributed by atoms with Gasteiger partial charge in [-0.15, -0.1) is 0 Å². The molecule has 0 radical (unpaired) electrons. The lowest BCUT2D eigenvalue weighted by Crippen LogP contribution is -2.00. The van der Waals surface area contributed by atoms with Gasteiger partial charge in [0.15, 0.2) is 0 Å². The summed E-state index contributed by atoms with van der Waals surface area (Å²) in [7, 11) is 0. The molecule has 0 bridgehead atoms. The van der Waals surface area contributed by atoms with Crippen LogP contribution in [0.25, 0.3) is 0 Å². The second-order valence-electron chi connectivity index (χ2n) is 3.13. The number of rotatable bonds is 3. The fourth-order valence-corrected chi connectivity index (χ4v) is 1.16. The lowest BCUT2D eigenvalue weighted by Gasteiger charge is -2.09. The van der Waals surface area contributed by atoms with Crippen LogP contribution in [0.1, 0.15) is 24.0 Å². The second kappa shape index (κ2) is 4.35. The predicted octanol–water partition coefficient (Wildman–Crippen LogP) is 1.41. The van der Waals surface area contributed by atoms with Crippen molar-refractivity contribution in [2.24, 2.45) is 0 Å². The Morgan fingerprint density at radius 3 is 2.54 bits per heavy atom. The van der Waals surface area contributed by atoms with E-state index in [4.69, 9.17) is 10.2 Å². The van der Waals surface area contributed by atoms with Crippen molar-refractivity contribution in [3.05, 3.63) is 35.1 Å². The molecule has 1 unspecified atom stereocenters. The van der Waals surface area contributed by atoms with Crippen molar-refractivity contribution in [1.29, 1.82) is 0 Å². The van der Waals surface area contributed by atoms with E-state index >= 15 is 0 Å². The maximum atomic E-state index is 12.9. The van der Waals surface area contributed by atoms with Crippen LogP contribution < -0.4 is 0 Å². The molecule has 0 spiro atoms. The SMILES string of the molecule is CC(CO)c1cc(F)cc(CO)c1. The molecular weight excluding hydrogens is 171 g/mol. The molecule has 0 aliphatic heterocycles. The van der Waals surface area contributed by atoms with E-state index in [0.29, 0.717) is 11.1 Å². The van der Waals surface area contributed by atoms with Crippen LogP contribution in [0, 0.1) is 5.82 Å². The highest BCUT2D eigenvalue weighted by atomic mass is 19.1.